The maximum absolute atomic E-state index is 11.9. The highest BCUT2D eigenvalue weighted by molar-refractivity contribution is 5.96. The van der Waals surface area contributed by atoms with Crippen LogP contribution in [0.4, 0.5) is 5.82 Å². The standard InChI is InChI=1S/C18H19N5O5/c1-18(2,26)17(25)21-13-9-23-14(20-13)6-5-12(22-23)10-7-11(16(24)28-4)15(27-3)19-8-10/h5-9,26H,1-4H3,(H,21,25). The van der Waals surface area contributed by atoms with Crippen LogP contribution in [0.2, 0.25) is 0 Å². The van der Waals surface area contributed by atoms with Crippen molar-refractivity contribution in [3.05, 3.63) is 36.2 Å². The zero-order valence-electron chi connectivity index (χ0n) is 15.8. The minimum absolute atomic E-state index is 0.149. The zero-order chi connectivity index (χ0) is 20.5. The number of fused-ring (bicyclic) bond motifs is 1. The number of nitrogens with one attached hydrogen (secondary N) is 1. The Hall–Kier alpha value is -3.53. The third kappa shape index (κ3) is 3.76. The van der Waals surface area contributed by atoms with Crippen molar-refractivity contribution < 1.29 is 24.2 Å². The van der Waals surface area contributed by atoms with Crippen LogP contribution in [0.25, 0.3) is 16.9 Å². The topological polar surface area (TPSA) is 128 Å². The number of esters is 1. The highest BCUT2D eigenvalue weighted by atomic mass is 16.5. The van der Waals surface area contributed by atoms with Crippen LogP contribution in [0.5, 0.6) is 5.88 Å². The molecule has 0 radical (unpaired) electrons. The van der Waals surface area contributed by atoms with Crippen molar-refractivity contribution in [3.8, 4) is 17.1 Å². The quantitative estimate of drug-likeness (QED) is 0.629. The van der Waals surface area contributed by atoms with Crippen LogP contribution < -0.4 is 10.1 Å². The Labute approximate surface area is 160 Å². The summed E-state index contributed by atoms with van der Waals surface area (Å²) in [5, 5.41) is 16.7. The largest absolute Gasteiger partial charge is 0.480 e. The number of imidazole rings is 1. The molecule has 0 bridgehead atoms. The third-order valence-corrected chi connectivity index (χ3v) is 3.86. The van der Waals surface area contributed by atoms with Crippen molar-refractivity contribution in [1.82, 2.24) is 19.6 Å². The molecule has 0 saturated heterocycles. The van der Waals surface area contributed by atoms with Gasteiger partial charge < -0.3 is 19.9 Å². The van der Waals surface area contributed by atoms with Gasteiger partial charge >= 0.3 is 5.97 Å². The summed E-state index contributed by atoms with van der Waals surface area (Å²) in [5.74, 6) is -0.763. The van der Waals surface area contributed by atoms with E-state index in [1.807, 2.05) is 0 Å². The number of anilines is 1. The lowest BCUT2D eigenvalue weighted by molar-refractivity contribution is -0.130. The van der Waals surface area contributed by atoms with Crippen LogP contribution in [-0.4, -0.2) is 56.4 Å². The number of carbonyl (C=O) groups excluding carboxylic acids is 2. The Balaban J connectivity index is 1.96. The maximum Gasteiger partial charge on any atom is 0.343 e. The van der Waals surface area contributed by atoms with Crippen molar-refractivity contribution in [3.63, 3.8) is 0 Å². The van der Waals surface area contributed by atoms with Crippen LogP contribution in [0, 0.1) is 0 Å². The highest BCUT2D eigenvalue weighted by Gasteiger charge is 2.24. The SMILES string of the molecule is COC(=O)c1cc(-c2ccc3nc(NC(=O)C(C)(C)O)cn3n2)cnc1OC. The molecular formula is C18H19N5O5. The van der Waals surface area contributed by atoms with E-state index >= 15 is 0 Å². The molecule has 0 saturated carbocycles. The molecule has 1 amide bonds. The molecule has 28 heavy (non-hydrogen) atoms. The first-order valence-corrected chi connectivity index (χ1v) is 8.26. The van der Waals surface area contributed by atoms with Gasteiger partial charge in [-0.05, 0) is 32.0 Å². The van der Waals surface area contributed by atoms with Crippen molar-refractivity contribution in [2.24, 2.45) is 0 Å². The molecule has 2 N–H and O–H groups in total. The molecule has 10 heteroatoms. The molecule has 0 spiro atoms. The average molecular weight is 385 g/mol. The van der Waals surface area contributed by atoms with E-state index < -0.39 is 17.5 Å². The van der Waals surface area contributed by atoms with Crippen LogP contribution in [0.15, 0.2) is 30.6 Å². The summed E-state index contributed by atoms with van der Waals surface area (Å²) in [6.45, 7) is 2.76. The van der Waals surface area contributed by atoms with E-state index in [0.29, 0.717) is 16.9 Å². The molecular weight excluding hydrogens is 366 g/mol. The number of hydrogen-bond donors (Lipinski definition) is 2. The summed E-state index contributed by atoms with van der Waals surface area (Å²) >= 11 is 0. The number of aliphatic hydroxyl groups is 1. The molecule has 10 nitrogen and oxygen atoms in total. The number of amides is 1. The Kier molecular flexibility index (Phi) is 4.97. The first-order chi connectivity index (χ1) is 13.2. The van der Waals surface area contributed by atoms with Crippen molar-refractivity contribution >= 4 is 23.3 Å². The molecule has 0 aliphatic rings. The number of pyridine rings is 1. The van der Waals surface area contributed by atoms with E-state index in [4.69, 9.17) is 9.47 Å². The average Bonchev–Trinajstić information content (AvgIpc) is 3.07. The molecule has 3 aromatic rings. The van der Waals surface area contributed by atoms with Crippen LogP contribution in [-0.2, 0) is 9.53 Å². The monoisotopic (exact) mass is 385 g/mol. The van der Waals surface area contributed by atoms with Gasteiger partial charge in [0.1, 0.15) is 11.2 Å². The van der Waals surface area contributed by atoms with Gasteiger partial charge in [-0.15, -0.1) is 0 Å². The molecule has 146 valence electrons. The Morgan fingerprint density at radius 2 is 2.00 bits per heavy atom. The fourth-order valence-corrected chi connectivity index (χ4v) is 2.38. The molecule has 0 aromatic carbocycles. The second-order valence-electron chi connectivity index (χ2n) is 6.43. The molecule has 0 atom stereocenters. The van der Waals surface area contributed by atoms with Gasteiger partial charge in [0.05, 0.1) is 26.1 Å². The van der Waals surface area contributed by atoms with Crippen LogP contribution in [0.3, 0.4) is 0 Å². The molecule has 0 fully saturated rings. The second kappa shape index (κ2) is 7.24. The zero-order valence-corrected chi connectivity index (χ0v) is 15.8. The first kappa shape index (κ1) is 19.2. The van der Waals surface area contributed by atoms with E-state index in [1.54, 1.807) is 18.2 Å². The van der Waals surface area contributed by atoms with Crippen molar-refractivity contribution in [1.29, 1.82) is 0 Å². The molecule has 3 rings (SSSR count). The van der Waals surface area contributed by atoms with E-state index in [-0.39, 0.29) is 17.3 Å². The van der Waals surface area contributed by atoms with Crippen molar-refractivity contribution in [2.45, 2.75) is 19.4 Å². The molecule has 3 aromatic heterocycles. The Morgan fingerprint density at radius 3 is 2.64 bits per heavy atom. The summed E-state index contributed by atoms with van der Waals surface area (Å²) in [6.07, 6.45) is 3.04. The van der Waals surface area contributed by atoms with Gasteiger partial charge in [0.25, 0.3) is 5.91 Å². The fourth-order valence-electron chi connectivity index (χ4n) is 2.38. The smallest absolute Gasteiger partial charge is 0.343 e. The molecule has 3 heterocycles. The molecule has 0 unspecified atom stereocenters. The lowest BCUT2D eigenvalue weighted by Gasteiger charge is -2.14. The van der Waals surface area contributed by atoms with E-state index in [2.05, 4.69) is 20.4 Å². The summed E-state index contributed by atoms with van der Waals surface area (Å²) in [5.41, 5.74) is 0.218. The summed E-state index contributed by atoms with van der Waals surface area (Å²) < 4.78 is 11.3. The molecule has 0 aliphatic carbocycles. The Morgan fingerprint density at radius 1 is 1.25 bits per heavy atom. The fraction of sp³-hybridized carbons (Fsp3) is 0.278. The Bertz CT molecular complexity index is 1050. The van der Waals surface area contributed by atoms with Gasteiger partial charge in [0, 0.05) is 11.8 Å². The van der Waals surface area contributed by atoms with Gasteiger partial charge in [-0.1, -0.05) is 0 Å². The minimum Gasteiger partial charge on any atom is -0.480 e. The van der Waals surface area contributed by atoms with Gasteiger partial charge in [0.2, 0.25) is 5.88 Å². The van der Waals surface area contributed by atoms with Gasteiger partial charge in [0.15, 0.2) is 11.5 Å². The first-order valence-electron chi connectivity index (χ1n) is 8.26. The highest BCUT2D eigenvalue weighted by Crippen LogP contribution is 2.24. The number of carbonyl (C=O) groups is 2. The van der Waals surface area contributed by atoms with Gasteiger partial charge in [-0.2, -0.15) is 5.10 Å². The van der Waals surface area contributed by atoms with E-state index in [9.17, 15) is 14.7 Å². The number of hydrogen-bond acceptors (Lipinski definition) is 8. The van der Waals surface area contributed by atoms with Crippen LogP contribution in [0.1, 0.15) is 24.2 Å². The number of nitrogens with zero attached hydrogens (tertiary/aromatic N) is 4. The van der Waals surface area contributed by atoms with Crippen molar-refractivity contribution in [2.75, 3.05) is 19.5 Å². The lowest BCUT2D eigenvalue weighted by atomic mass is 10.1. The van der Waals surface area contributed by atoms with Gasteiger partial charge in [-0.3, -0.25) is 4.79 Å². The number of aromatic nitrogens is 4. The van der Waals surface area contributed by atoms with E-state index in [0.717, 1.165) is 0 Å². The molecule has 0 aliphatic heterocycles. The maximum atomic E-state index is 11.9. The normalized spacial score (nSPS) is 11.3. The number of methoxy groups -OCH3 is 2. The third-order valence-electron chi connectivity index (χ3n) is 3.86. The summed E-state index contributed by atoms with van der Waals surface area (Å²) in [7, 11) is 2.68. The van der Waals surface area contributed by atoms with E-state index in [1.165, 1.54) is 45.0 Å². The summed E-state index contributed by atoms with van der Waals surface area (Å²) in [4.78, 5) is 32.2. The minimum atomic E-state index is -1.53. The predicted octanol–water partition coefficient (Wildman–Crippen LogP) is 1.30. The number of ether oxygens (including phenoxy) is 2. The van der Waals surface area contributed by atoms with Gasteiger partial charge in [-0.25, -0.2) is 19.3 Å². The summed E-state index contributed by atoms with van der Waals surface area (Å²) in [6, 6.07) is 4.97. The predicted molar refractivity (Wildman–Crippen MR) is 99.0 cm³/mol. The van der Waals surface area contributed by atoms with Crippen LogP contribution >= 0.6 is 0 Å². The second-order valence-corrected chi connectivity index (χ2v) is 6.43. The lowest BCUT2D eigenvalue weighted by Crippen LogP contribution is -2.36. The number of rotatable bonds is 5.